The van der Waals surface area contributed by atoms with Crippen LogP contribution in [-0.2, 0) is 0 Å². The van der Waals surface area contributed by atoms with E-state index in [2.05, 4.69) is 37.4 Å². The van der Waals surface area contributed by atoms with Gasteiger partial charge in [-0.1, -0.05) is 12.1 Å². The van der Waals surface area contributed by atoms with Crippen LogP contribution < -0.4 is 10.1 Å². The largest absolute Gasteiger partial charge is 0.497 e. The maximum absolute atomic E-state index is 5.60. The molecule has 3 heteroatoms. The minimum Gasteiger partial charge on any atom is -0.497 e. The number of ether oxygens (including phenoxy) is 1. The summed E-state index contributed by atoms with van der Waals surface area (Å²) in [7, 11) is 1.69. The van der Waals surface area contributed by atoms with Gasteiger partial charge in [0.1, 0.15) is 17.3 Å². The molecular weight excluding hydrogens is 250 g/mol. The number of methoxy groups -OCH3 is 1. The van der Waals surface area contributed by atoms with Gasteiger partial charge < -0.3 is 14.5 Å². The van der Waals surface area contributed by atoms with Crippen molar-refractivity contribution >= 4 is 0 Å². The molecule has 0 aliphatic heterocycles. The van der Waals surface area contributed by atoms with E-state index in [4.69, 9.17) is 9.15 Å². The first-order chi connectivity index (χ1) is 9.51. The minimum atomic E-state index is 0.244. The number of hydrogen-bond donors (Lipinski definition) is 1. The highest BCUT2D eigenvalue weighted by atomic mass is 16.5. The van der Waals surface area contributed by atoms with E-state index in [0.717, 1.165) is 17.3 Å². The number of benzene rings is 1. The molecule has 0 saturated heterocycles. The summed E-state index contributed by atoms with van der Waals surface area (Å²) in [6, 6.07) is 10.8. The van der Waals surface area contributed by atoms with E-state index in [-0.39, 0.29) is 12.1 Å². The number of rotatable bonds is 5. The highest BCUT2D eigenvalue weighted by Crippen LogP contribution is 2.25. The van der Waals surface area contributed by atoms with Crippen molar-refractivity contribution in [2.24, 2.45) is 0 Å². The van der Waals surface area contributed by atoms with E-state index >= 15 is 0 Å². The SMILES string of the molecule is COc1cccc(C(C)NC(C)c2cc(C)oc2C)c1. The third-order valence-corrected chi connectivity index (χ3v) is 3.64. The molecule has 0 aliphatic carbocycles. The maximum atomic E-state index is 5.60. The monoisotopic (exact) mass is 273 g/mol. The first-order valence-electron chi connectivity index (χ1n) is 6.98. The first kappa shape index (κ1) is 14.7. The zero-order chi connectivity index (χ0) is 14.7. The van der Waals surface area contributed by atoms with Crippen molar-refractivity contribution in [2.45, 2.75) is 39.8 Å². The fourth-order valence-corrected chi connectivity index (χ4v) is 2.55. The lowest BCUT2D eigenvalue weighted by molar-refractivity contribution is 0.412. The van der Waals surface area contributed by atoms with Crippen molar-refractivity contribution in [1.82, 2.24) is 5.32 Å². The summed E-state index contributed by atoms with van der Waals surface area (Å²) in [5.41, 5.74) is 2.44. The zero-order valence-electron chi connectivity index (χ0n) is 12.9. The Balaban J connectivity index is 2.10. The highest BCUT2D eigenvalue weighted by molar-refractivity contribution is 5.31. The number of furan rings is 1. The van der Waals surface area contributed by atoms with Crippen LogP contribution >= 0.6 is 0 Å². The third-order valence-electron chi connectivity index (χ3n) is 3.64. The predicted molar refractivity (Wildman–Crippen MR) is 81.1 cm³/mol. The predicted octanol–water partition coefficient (Wildman–Crippen LogP) is 4.32. The number of aryl methyl sites for hydroxylation is 2. The van der Waals surface area contributed by atoms with Crippen molar-refractivity contribution in [3.8, 4) is 5.75 Å². The summed E-state index contributed by atoms with van der Waals surface area (Å²) in [5, 5.41) is 3.60. The topological polar surface area (TPSA) is 34.4 Å². The lowest BCUT2D eigenvalue weighted by atomic mass is 10.0. The Hall–Kier alpha value is -1.74. The van der Waals surface area contributed by atoms with Crippen molar-refractivity contribution in [2.75, 3.05) is 7.11 Å². The fraction of sp³-hybridized carbons (Fsp3) is 0.412. The molecule has 0 amide bonds. The Morgan fingerprint density at radius 2 is 1.85 bits per heavy atom. The van der Waals surface area contributed by atoms with Crippen LogP contribution in [0.25, 0.3) is 0 Å². The molecule has 0 spiro atoms. The Morgan fingerprint density at radius 1 is 1.10 bits per heavy atom. The molecule has 1 aromatic carbocycles. The molecule has 20 heavy (non-hydrogen) atoms. The molecular formula is C17H23NO2. The van der Waals surface area contributed by atoms with Crippen LogP contribution in [0.1, 0.15) is 48.6 Å². The Kier molecular flexibility index (Phi) is 4.50. The molecule has 1 heterocycles. The summed E-state index contributed by atoms with van der Waals surface area (Å²) in [5.74, 6) is 2.83. The molecule has 1 aromatic heterocycles. The van der Waals surface area contributed by atoms with Gasteiger partial charge in [0, 0.05) is 17.6 Å². The lowest BCUT2D eigenvalue weighted by Gasteiger charge is -2.20. The van der Waals surface area contributed by atoms with Gasteiger partial charge in [0.2, 0.25) is 0 Å². The second kappa shape index (κ2) is 6.14. The van der Waals surface area contributed by atoms with Gasteiger partial charge in [-0.25, -0.2) is 0 Å². The van der Waals surface area contributed by atoms with Crippen LogP contribution in [0.4, 0.5) is 0 Å². The second-order valence-corrected chi connectivity index (χ2v) is 5.26. The van der Waals surface area contributed by atoms with Crippen LogP contribution in [-0.4, -0.2) is 7.11 Å². The molecule has 0 bridgehead atoms. The average molecular weight is 273 g/mol. The summed E-state index contributed by atoms with van der Waals surface area (Å²) in [4.78, 5) is 0. The molecule has 3 nitrogen and oxygen atoms in total. The molecule has 0 saturated carbocycles. The van der Waals surface area contributed by atoms with E-state index in [9.17, 15) is 0 Å². The molecule has 0 fully saturated rings. The summed E-state index contributed by atoms with van der Waals surface area (Å²) in [6.07, 6.45) is 0. The van der Waals surface area contributed by atoms with Gasteiger partial charge in [-0.3, -0.25) is 0 Å². The van der Waals surface area contributed by atoms with Gasteiger partial charge in [-0.2, -0.15) is 0 Å². The van der Waals surface area contributed by atoms with E-state index < -0.39 is 0 Å². The van der Waals surface area contributed by atoms with E-state index in [0.29, 0.717) is 0 Å². The van der Waals surface area contributed by atoms with Crippen molar-refractivity contribution < 1.29 is 9.15 Å². The van der Waals surface area contributed by atoms with Gasteiger partial charge in [0.15, 0.2) is 0 Å². The quantitative estimate of drug-likeness (QED) is 0.881. The Bertz CT molecular complexity index is 574. The molecule has 2 atom stereocenters. The third kappa shape index (κ3) is 3.23. The summed E-state index contributed by atoms with van der Waals surface area (Å²) < 4.78 is 10.9. The van der Waals surface area contributed by atoms with Crippen molar-refractivity contribution in [1.29, 1.82) is 0 Å². The fourth-order valence-electron chi connectivity index (χ4n) is 2.55. The Morgan fingerprint density at radius 3 is 2.45 bits per heavy atom. The first-order valence-corrected chi connectivity index (χ1v) is 6.98. The number of nitrogens with one attached hydrogen (secondary N) is 1. The molecule has 2 rings (SSSR count). The highest BCUT2D eigenvalue weighted by Gasteiger charge is 2.15. The Labute approximate surface area is 121 Å². The van der Waals surface area contributed by atoms with Crippen LogP contribution in [0.15, 0.2) is 34.7 Å². The van der Waals surface area contributed by atoms with Gasteiger partial charge in [-0.15, -0.1) is 0 Å². The van der Waals surface area contributed by atoms with Gasteiger partial charge >= 0.3 is 0 Å². The minimum absolute atomic E-state index is 0.244. The van der Waals surface area contributed by atoms with E-state index in [1.165, 1.54) is 11.1 Å². The molecule has 108 valence electrons. The zero-order valence-corrected chi connectivity index (χ0v) is 12.9. The normalized spacial score (nSPS) is 14.1. The summed E-state index contributed by atoms with van der Waals surface area (Å²) in [6.45, 7) is 8.31. The summed E-state index contributed by atoms with van der Waals surface area (Å²) >= 11 is 0. The maximum Gasteiger partial charge on any atom is 0.119 e. The molecule has 2 unspecified atom stereocenters. The van der Waals surface area contributed by atoms with Crippen LogP contribution in [0.3, 0.4) is 0 Å². The van der Waals surface area contributed by atoms with Crippen LogP contribution in [0.5, 0.6) is 5.75 Å². The van der Waals surface area contributed by atoms with Crippen molar-refractivity contribution in [3.05, 3.63) is 53.0 Å². The molecule has 2 aromatic rings. The van der Waals surface area contributed by atoms with E-state index in [1.807, 2.05) is 26.0 Å². The van der Waals surface area contributed by atoms with Gasteiger partial charge in [-0.05, 0) is 51.5 Å². The smallest absolute Gasteiger partial charge is 0.119 e. The van der Waals surface area contributed by atoms with Gasteiger partial charge in [0.25, 0.3) is 0 Å². The van der Waals surface area contributed by atoms with Gasteiger partial charge in [0.05, 0.1) is 7.11 Å². The molecule has 0 radical (unpaired) electrons. The van der Waals surface area contributed by atoms with Crippen molar-refractivity contribution in [3.63, 3.8) is 0 Å². The van der Waals surface area contributed by atoms with Crippen LogP contribution in [0.2, 0.25) is 0 Å². The number of hydrogen-bond acceptors (Lipinski definition) is 3. The second-order valence-electron chi connectivity index (χ2n) is 5.26. The molecule has 0 aliphatic rings. The van der Waals surface area contributed by atoms with E-state index in [1.54, 1.807) is 7.11 Å². The average Bonchev–Trinajstić information content (AvgIpc) is 2.77. The standard InChI is InChI=1S/C17H23NO2/c1-11-9-17(14(4)20-11)13(3)18-12(2)15-7-6-8-16(10-15)19-5/h6-10,12-13,18H,1-5H3. The van der Waals surface area contributed by atoms with Crippen LogP contribution in [0, 0.1) is 13.8 Å². The lowest BCUT2D eigenvalue weighted by Crippen LogP contribution is -2.22. The molecule has 1 N–H and O–H groups in total.